The Morgan fingerprint density at radius 3 is 2.90 bits per heavy atom. The summed E-state index contributed by atoms with van der Waals surface area (Å²) in [5.41, 5.74) is 0.808. The Balaban J connectivity index is 0.00000300. The molecule has 1 aromatic heterocycles. The van der Waals surface area contributed by atoms with Gasteiger partial charge in [0.25, 0.3) is 0 Å². The molecule has 0 saturated heterocycles. The molecule has 3 rings (SSSR count). The lowest BCUT2D eigenvalue weighted by atomic mass is 9.90. The minimum Gasteiger partial charge on any atom is -0.487 e. The van der Waals surface area contributed by atoms with Crippen molar-refractivity contribution in [2.24, 2.45) is 4.99 Å². The lowest BCUT2D eigenvalue weighted by Gasteiger charge is -2.38. The van der Waals surface area contributed by atoms with E-state index in [0.717, 1.165) is 24.3 Å². The van der Waals surface area contributed by atoms with Gasteiger partial charge in [0.05, 0.1) is 24.1 Å². The number of nitrogens with zero attached hydrogens (tertiary/aromatic N) is 4. The largest absolute Gasteiger partial charge is 0.487 e. The highest BCUT2D eigenvalue weighted by molar-refractivity contribution is 14.0. The predicted octanol–water partition coefficient (Wildman–Crippen LogP) is 3.27. The van der Waals surface area contributed by atoms with E-state index in [0.29, 0.717) is 19.0 Å². The molecule has 2 aromatic rings. The second-order valence-corrected chi connectivity index (χ2v) is 7.28. The Kier molecular flexibility index (Phi) is 7.82. The molecule has 2 heterocycles. The van der Waals surface area contributed by atoms with Gasteiger partial charge in [0.15, 0.2) is 5.96 Å². The molecule has 0 amide bonds. The van der Waals surface area contributed by atoms with Gasteiger partial charge in [-0.15, -0.1) is 24.0 Å². The van der Waals surface area contributed by atoms with Crippen molar-refractivity contribution < 1.29 is 9.66 Å². The summed E-state index contributed by atoms with van der Waals surface area (Å²) >= 11 is 0. The summed E-state index contributed by atoms with van der Waals surface area (Å²) in [5.74, 6) is 1.58. The number of nitrogens with one attached hydrogen (secondary N) is 2. The van der Waals surface area contributed by atoms with E-state index in [1.54, 1.807) is 0 Å². The first-order chi connectivity index (χ1) is 13.4. The fourth-order valence-corrected chi connectivity index (χ4v) is 3.25. The van der Waals surface area contributed by atoms with Gasteiger partial charge in [0, 0.05) is 18.5 Å². The number of rotatable bonds is 6. The Morgan fingerprint density at radius 2 is 2.21 bits per heavy atom. The van der Waals surface area contributed by atoms with Crippen LogP contribution in [0.4, 0.5) is 5.69 Å². The van der Waals surface area contributed by atoms with Gasteiger partial charge >= 0.3 is 5.69 Å². The topological polar surface area (TPSA) is 107 Å². The normalized spacial score (nSPS) is 17.5. The highest BCUT2D eigenvalue weighted by atomic mass is 127. The molecule has 1 aromatic carbocycles. The van der Waals surface area contributed by atoms with E-state index in [9.17, 15) is 10.1 Å². The molecule has 9 nitrogen and oxygen atoms in total. The number of fused-ring (bicyclic) bond motifs is 1. The third kappa shape index (κ3) is 6.05. The van der Waals surface area contributed by atoms with E-state index in [-0.39, 0.29) is 41.3 Å². The van der Waals surface area contributed by atoms with Gasteiger partial charge in [-0.25, -0.2) is 0 Å². The van der Waals surface area contributed by atoms with E-state index in [2.05, 4.69) is 40.6 Å². The molecule has 1 unspecified atom stereocenters. The van der Waals surface area contributed by atoms with Crippen molar-refractivity contribution >= 4 is 35.6 Å². The second kappa shape index (κ2) is 9.90. The van der Waals surface area contributed by atoms with Crippen molar-refractivity contribution in [1.82, 2.24) is 20.4 Å². The first-order valence-electron chi connectivity index (χ1n) is 9.37. The van der Waals surface area contributed by atoms with Crippen molar-refractivity contribution in [3.63, 3.8) is 0 Å². The third-order valence-electron chi connectivity index (χ3n) is 4.46. The third-order valence-corrected chi connectivity index (χ3v) is 4.46. The summed E-state index contributed by atoms with van der Waals surface area (Å²) in [5, 5.41) is 21.5. The smallest absolute Gasteiger partial charge is 0.306 e. The van der Waals surface area contributed by atoms with Gasteiger partial charge in [0.2, 0.25) is 0 Å². The number of benzene rings is 1. The Bertz CT molecular complexity index is 867. The fourth-order valence-electron chi connectivity index (χ4n) is 3.25. The van der Waals surface area contributed by atoms with E-state index >= 15 is 0 Å². The fraction of sp³-hybridized carbons (Fsp3) is 0.474. The summed E-state index contributed by atoms with van der Waals surface area (Å²) in [4.78, 5) is 14.9. The van der Waals surface area contributed by atoms with Gasteiger partial charge in [-0.3, -0.25) is 19.8 Å². The minimum atomic E-state index is -0.456. The Labute approximate surface area is 187 Å². The van der Waals surface area contributed by atoms with Gasteiger partial charge in [-0.05, 0) is 26.8 Å². The molecule has 10 heteroatoms. The molecule has 1 aliphatic heterocycles. The molecule has 1 aliphatic rings. The number of hydrogen-bond acceptors (Lipinski definition) is 5. The average Bonchev–Trinajstić information content (AvgIpc) is 3.10. The highest BCUT2D eigenvalue weighted by Crippen LogP contribution is 2.39. The van der Waals surface area contributed by atoms with Crippen LogP contribution in [0.2, 0.25) is 0 Å². The number of halogens is 1. The summed E-state index contributed by atoms with van der Waals surface area (Å²) < 4.78 is 7.61. The monoisotopic (exact) mass is 514 g/mol. The zero-order valence-electron chi connectivity index (χ0n) is 16.8. The molecule has 0 fully saturated rings. The molecule has 0 radical (unpaired) electrons. The molecule has 0 bridgehead atoms. The maximum absolute atomic E-state index is 10.8. The average molecular weight is 514 g/mol. The Hall–Kier alpha value is -2.37. The number of guanidine groups is 1. The van der Waals surface area contributed by atoms with Crippen molar-refractivity contribution in [3.05, 3.63) is 52.3 Å². The van der Waals surface area contributed by atoms with Crippen LogP contribution in [0.3, 0.4) is 0 Å². The number of aliphatic imine (C=N–C) groups is 1. The van der Waals surface area contributed by atoms with Crippen molar-refractivity contribution in [1.29, 1.82) is 0 Å². The van der Waals surface area contributed by atoms with Crippen LogP contribution in [0, 0.1) is 10.1 Å². The molecule has 0 spiro atoms. The van der Waals surface area contributed by atoms with E-state index in [4.69, 9.17) is 4.74 Å². The summed E-state index contributed by atoms with van der Waals surface area (Å²) in [6.07, 6.45) is 3.46. The van der Waals surface area contributed by atoms with Crippen LogP contribution in [0.5, 0.6) is 5.75 Å². The van der Waals surface area contributed by atoms with Gasteiger partial charge < -0.3 is 15.4 Å². The molecule has 1 atom stereocenters. The summed E-state index contributed by atoms with van der Waals surface area (Å²) in [6.45, 7) is 7.80. The quantitative estimate of drug-likeness (QED) is 0.202. The van der Waals surface area contributed by atoms with Gasteiger partial charge in [-0.1, -0.05) is 18.2 Å². The van der Waals surface area contributed by atoms with Crippen LogP contribution in [0.1, 0.15) is 38.8 Å². The second-order valence-electron chi connectivity index (χ2n) is 7.28. The van der Waals surface area contributed by atoms with Crippen molar-refractivity contribution in [3.8, 4) is 5.75 Å². The first-order valence-corrected chi connectivity index (χ1v) is 9.37. The molecule has 158 valence electrons. The van der Waals surface area contributed by atoms with Crippen molar-refractivity contribution in [2.75, 3.05) is 13.1 Å². The zero-order valence-corrected chi connectivity index (χ0v) is 19.1. The Morgan fingerprint density at radius 1 is 1.45 bits per heavy atom. The van der Waals surface area contributed by atoms with E-state index < -0.39 is 4.92 Å². The minimum absolute atomic E-state index is 0. The number of para-hydroxylation sites is 1. The predicted molar refractivity (Wildman–Crippen MR) is 122 cm³/mol. The van der Waals surface area contributed by atoms with Crippen LogP contribution in [-0.2, 0) is 6.54 Å². The molecule has 2 N–H and O–H groups in total. The number of nitro groups is 1. The first kappa shape index (κ1) is 22.9. The molecule has 29 heavy (non-hydrogen) atoms. The van der Waals surface area contributed by atoms with Crippen LogP contribution >= 0.6 is 24.0 Å². The lowest BCUT2D eigenvalue weighted by Crippen LogP contribution is -2.45. The molecule has 0 saturated carbocycles. The van der Waals surface area contributed by atoms with Crippen LogP contribution in [0.25, 0.3) is 0 Å². The SMILES string of the molecule is CCNC(=NCCn1cc([N+](=O)[O-])cn1)NC1CC(C)(C)Oc2ccccc21.I. The maximum Gasteiger partial charge on any atom is 0.306 e. The number of hydrogen-bond donors (Lipinski definition) is 2. The lowest BCUT2D eigenvalue weighted by molar-refractivity contribution is -0.385. The van der Waals surface area contributed by atoms with Crippen LogP contribution in [-0.4, -0.2) is 39.4 Å². The highest BCUT2D eigenvalue weighted by Gasteiger charge is 2.33. The molecular weight excluding hydrogens is 487 g/mol. The number of aromatic nitrogens is 2. The van der Waals surface area contributed by atoms with Crippen LogP contribution < -0.4 is 15.4 Å². The zero-order chi connectivity index (χ0) is 20.1. The van der Waals surface area contributed by atoms with E-state index in [1.165, 1.54) is 17.1 Å². The molecule has 0 aliphatic carbocycles. The van der Waals surface area contributed by atoms with Crippen molar-refractivity contribution in [2.45, 2.75) is 45.4 Å². The summed E-state index contributed by atoms with van der Waals surface area (Å²) in [6, 6.07) is 8.10. The van der Waals surface area contributed by atoms with E-state index in [1.807, 2.05) is 25.1 Å². The summed E-state index contributed by atoms with van der Waals surface area (Å²) in [7, 11) is 0. The standard InChI is InChI=1S/C19H26N6O3.HI/c1-4-20-18(21-9-10-24-13-14(12-22-24)25(26)27)23-16-11-19(2,3)28-17-8-6-5-7-15(16)17;/h5-8,12-13,16H,4,9-11H2,1-3H3,(H2,20,21,23);1H. The van der Waals surface area contributed by atoms with Gasteiger partial charge in [0.1, 0.15) is 23.7 Å². The maximum atomic E-state index is 10.8. The number of ether oxygens (including phenoxy) is 1. The van der Waals surface area contributed by atoms with Gasteiger partial charge in [-0.2, -0.15) is 5.10 Å². The van der Waals surface area contributed by atoms with Crippen LogP contribution in [0.15, 0.2) is 41.7 Å². The molecular formula is C19H27IN6O3.